The number of benzene rings is 1. The molecule has 2 heterocycles. The smallest absolute Gasteiger partial charge is 0.348 e. The van der Waals surface area contributed by atoms with E-state index in [1.54, 1.807) is 0 Å². The number of hydrogen-bond donors (Lipinski definition) is 0. The van der Waals surface area contributed by atoms with Gasteiger partial charge in [-0.05, 0) is 42.2 Å². The van der Waals surface area contributed by atoms with Gasteiger partial charge in [0.2, 0.25) is 0 Å². The topological polar surface area (TPSA) is 71.1 Å². The average molecular weight is 364 g/mol. The summed E-state index contributed by atoms with van der Waals surface area (Å²) in [6, 6.07) is 4.04. The summed E-state index contributed by atoms with van der Waals surface area (Å²) in [5.74, 6) is -3.29. The molecule has 0 aromatic heterocycles. The number of esters is 2. The molecular formula is C19H21FO6. The summed E-state index contributed by atoms with van der Waals surface area (Å²) in [4.78, 5) is 24.2. The minimum atomic E-state index is -1.30. The molecule has 0 bridgehead atoms. The van der Waals surface area contributed by atoms with Crippen LogP contribution in [0.3, 0.4) is 0 Å². The van der Waals surface area contributed by atoms with E-state index in [1.165, 1.54) is 38.1 Å². The van der Waals surface area contributed by atoms with Crippen LogP contribution in [0.1, 0.15) is 37.8 Å². The summed E-state index contributed by atoms with van der Waals surface area (Å²) >= 11 is 0. The van der Waals surface area contributed by atoms with Gasteiger partial charge in [0.1, 0.15) is 11.4 Å². The van der Waals surface area contributed by atoms with Gasteiger partial charge in [-0.2, -0.15) is 0 Å². The quantitative estimate of drug-likeness (QED) is 0.455. The second kappa shape index (κ2) is 7.55. The number of cyclic esters (lactones) is 2. The van der Waals surface area contributed by atoms with Crippen molar-refractivity contribution >= 4 is 18.0 Å². The minimum Gasteiger partial charge on any atom is -0.419 e. The van der Waals surface area contributed by atoms with Crippen molar-refractivity contribution in [1.82, 2.24) is 0 Å². The van der Waals surface area contributed by atoms with E-state index in [9.17, 15) is 14.0 Å². The van der Waals surface area contributed by atoms with E-state index in [0.717, 1.165) is 19.4 Å². The Bertz CT molecular complexity index is 712. The molecule has 2 aliphatic heterocycles. The fraction of sp³-hybridized carbons (Fsp3) is 0.474. The lowest BCUT2D eigenvalue weighted by molar-refractivity contribution is -0.222. The highest BCUT2D eigenvalue weighted by atomic mass is 19.1. The van der Waals surface area contributed by atoms with Gasteiger partial charge >= 0.3 is 11.9 Å². The predicted molar refractivity (Wildman–Crippen MR) is 89.3 cm³/mol. The van der Waals surface area contributed by atoms with Gasteiger partial charge < -0.3 is 18.9 Å². The van der Waals surface area contributed by atoms with Crippen LogP contribution >= 0.6 is 0 Å². The Morgan fingerprint density at radius 2 is 2.00 bits per heavy atom. The molecule has 3 rings (SSSR count). The van der Waals surface area contributed by atoms with Gasteiger partial charge in [0.15, 0.2) is 0 Å². The van der Waals surface area contributed by atoms with Crippen LogP contribution in [0.2, 0.25) is 0 Å². The maximum atomic E-state index is 13.6. The second-order valence-electron chi connectivity index (χ2n) is 6.73. The molecule has 1 aromatic carbocycles. The molecule has 6 nitrogen and oxygen atoms in total. The molecule has 2 saturated heterocycles. The van der Waals surface area contributed by atoms with Gasteiger partial charge in [0.05, 0.1) is 19.3 Å². The fourth-order valence-corrected chi connectivity index (χ4v) is 2.85. The van der Waals surface area contributed by atoms with Crippen LogP contribution in [0.15, 0.2) is 23.8 Å². The summed E-state index contributed by atoms with van der Waals surface area (Å²) in [6.45, 7) is 4.21. The van der Waals surface area contributed by atoms with E-state index in [0.29, 0.717) is 17.7 Å². The molecule has 0 radical (unpaired) electrons. The van der Waals surface area contributed by atoms with E-state index in [4.69, 9.17) is 18.9 Å². The van der Waals surface area contributed by atoms with Gasteiger partial charge in [-0.25, -0.2) is 14.0 Å². The summed E-state index contributed by atoms with van der Waals surface area (Å²) < 4.78 is 34.9. The number of ether oxygens (including phenoxy) is 4. The van der Waals surface area contributed by atoms with Crippen LogP contribution in [0.5, 0.6) is 0 Å². The molecule has 0 aliphatic carbocycles. The van der Waals surface area contributed by atoms with E-state index < -0.39 is 23.5 Å². The average Bonchev–Trinajstić information content (AvgIpc) is 3.05. The van der Waals surface area contributed by atoms with Crippen molar-refractivity contribution in [2.75, 3.05) is 13.2 Å². The Morgan fingerprint density at radius 1 is 1.27 bits per heavy atom. The van der Waals surface area contributed by atoms with E-state index in [2.05, 4.69) is 0 Å². The molecular weight excluding hydrogens is 343 g/mol. The summed E-state index contributed by atoms with van der Waals surface area (Å²) in [5, 5.41) is 0. The molecule has 26 heavy (non-hydrogen) atoms. The van der Waals surface area contributed by atoms with Crippen LogP contribution in [-0.2, 0) is 35.1 Å². The van der Waals surface area contributed by atoms with Crippen molar-refractivity contribution in [1.29, 1.82) is 0 Å². The number of rotatable bonds is 5. The molecule has 0 amide bonds. The lowest BCUT2D eigenvalue weighted by Gasteiger charge is -2.29. The highest BCUT2D eigenvalue weighted by Crippen LogP contribution is 2.25. The van der Waals surface area contributed by atoms with Crippen LogP contribution in [-0.4, -0.2) is 37.0 Å². The van der Waals surface area contributed by atoms with Crippen LogP contribution < -0.4 is 0 Å². The first kappa shape index (κ1) is 18.5. The largest absolute Gasteiger partial charge is 0.419 e. The van der Waals surface area contributed by atoms with Gasteiger partial charge in [0.25, 0.3) is 5.79 Å². The molecule has 140 valence electrons. The monoisotopic (exact) mass is 364 g/mol. The first-order valence-electron chi connectivity index (χ1n) is 8.50. The maximum Gasteiger partial charge on any atom is 0.348 e. The second-order valence-corrected chi connectivity index (χ2v) is 6.73. The van der Waals surface area contributed by atoms with E-state index >= 15 is 0 Å². The van der Waals surface area contributed by atoms with Crippen LogP contribution in [0, 0.1) is 5.82 Å². The lowest BCUT2D eigenvalue weighted by atomic mass is 10.0. The van der Waals surface area contributed by atoms with Crippen molar-refractivity contribution in [2.24, 2.45) is 0 Å². The third-order valence-electron chi connectivity index (χ3n) is 4.11. The van der Waals surface area contributed by atoms with Crippen LogP contribution in [0.4, 0.5) is 4.39 Å². The summed E-state index contributed by atoms with van der Waals surface area (Å²) in [6.07, 6.45) is 3.33. The van der Waals surface area contributed by atoms with Crippen molar-refractivity contribution in [2.45, 2.75) is 45.2 Å². The molecule has 2 fully saturated rings. The normalized spacial score (nSPS) is 22.1. The maximum absolute atomic E-state index is 13.6. The summed E-state index contributed by atoms with van der Waals surface area (Å²) in [5.41, 5.74) is 0.764. The van der Waals surface area contributed by atoms with Gasteiger partial charge in [-0.3, -0.25) is 0 Å². The standard InChI is InChI=1S/C19H21FO6/c1-19(2)25-17(21)16(18(22)26-19)9-12-5-6-14(20)8-13(12)10-23-11-15-4-3-7-24-15/h5-6,8-9,15H,3-4,7,10-11H2,1-2H3. The minimum absolute atomic E-state index is 0.0518. The Hall–Kier alpha value is -2.25. The zero-order valence-corrected chi connectivity index (χ0v) is 14.7. The zero-order chi connectivity index (χ0) is 18.7. The van der Waals surface area contributed by atoms with E-state index in [-0.39, 0.29) is 18.3 Å². The molecule has 1 atom stereocenters. The molecule has 1 aromatic rings. The Balaban J connectivity index is 1.76. The Labute approximate surface area is 150 Å². The molecule has 0 saturated carbocycles. The zero-order valence-electron chi connectivity index (χ0n) is 14.7. The SMILES string of the molecule is CC1(C)OC(=O)C(=Cc2ccc(F)cc2COCC2CCCO2)C(=O)O1. The first-order chi connectivity index (χ1) is 12.3. The van der Waals surface area contributed by atoms with Gasteiger partial charge in [-0.15, -0.1) is 0 Å². The highest BCUT2D eigenvalue weighted by molar-refractivity contribution is 6.18. The number of carbonyl (C=O) groups is 2. The van der Waals surface area contributed by atoms with Crippen molar-refractivity contribution in [3.63, 3.8) is 0 Å². The van der Waals surface area contributed by atoms with Crippen molar-refractivity contribution < 1.29 is 32.9 Å². The molecule has 0 spiro atoms. The lowest BCUT2D eigenvalue weighted by Crippen LogP contribution is -2.41. The molecule has 0 N–H and O–H groups in total. The van der Waals surface area contributed by atoms with Crippen molar-refractivity contribution in [3.05, 3.63) is 40.7 Å². The highest BCUT2D eigenvalue weighted by Gasteiger charge is 2.38. The van der Waals surface area contributed by atoms with Gasteiger partial charge in [-0.1, -0.05) is 6.07 Å². The predicted octanol–water partition coefficient (Wildman–Crippen LogP) is 2.74. The van der Waals surface area contributed by atoms with Crippen molar-refractivity contribution in [3.8, 4) is 0 Å². The molecule has 1 unspecified atom stereocenters. The number of carbonyl (C=O) groups excluding carboxylic acids is 2. The summed E-state index contributed by atoms with van der Waals surface area (Å²) in [7, 11) is 0. The first-order valence-corrected chi connectivity index (χ1v) is 8.50. The van der Waals surface area contributed by atoms with E-state index in [1.807, 2.05) is 0 Å². The molecule has 7 heteroatoms. The third-order valence-corrected chi connectivity index (χ3v) is 4.11. The Kier molecular flexibility index (Phi) is 5.38. The number of hydrogen-bond acceptors (Lipinski definition) is 6. The molecule has 2 aliphatic rings. The fourth-order valence-electron chi connectivity index (χ4n) is 2.85. The number of halogens is 1. The third kappa shape index (κ3) is 4.47. The Morgan fingerprint density at radius 3 is 2.65 bits per heavy atom. The van der Waals surface area contributed by atoms with Gasteiger partial charge in [0, 0.05) is 20.5 Å². The van der Waals surface area contributed by atoms with Crippen LogP contribution in [0.25, 0.3) is 6.08 Å².